The van der Waals surface area contributed by atoms with E-state index in [9.17, 15) is 18.0 Å². The molecular formula is C19H15F3N4O. The van der Waals surface area contributed by atoms with Gasteiger partial charge in [-0.05, 0) is 49.7 Å². The van der Waals surface area contributed by atoms with Crippen LogP contribution in [0, 0.1) is 22.7 Å². The summed E-state index contributed by atoms with van der Waals surface area (Å²) in [6.07, 6.45) is -4.69. The van der Waals surface area contributed by atoms with Gasteiger partial charge in [-0.3, -0.25) is 15.6 Å². The highest BCUT2D eigenvalue weighted by atomic mass is 19.4. The molecule has 0 saturated carbocycles. The van der Waals surface area contributed by atoms with Crippen molar-refractivity contribution >= 4 is 11.6 Å². The number of nitrogens with one attached hydrogen (secondary N) is 2. The molecule has 138 valence electrons. The van der Waals surface area contributed by atoms with Crippen LogP contribution in [-0.2, 0) is 11.6 Å². The smallest absolute Gasteiger partial charge is 0.298 e. The maximum absolute atomic E-state index is 13.1. The average Bonchev–Trinajstić information content (AvgIpc) is 2.65. The Balaban J connectivity index is 2.17. The van der Waals surface area contributed by atoms with Crippen molar-refractivity contribution in [2.45, 2.75) is 25.4 Å². The molecule has 0 aliphatic carbocycles. The normalized spacial score (nSPS) is 11.2. The molecule has 1 amide bonds. The van der Waals surface area contributed by atoms with Crippen LogP contribution in [0.4, 0.5) is 18.9 Å². The number of nitriles is 2. The molecule has 0 aliphatic heterocycles. The van der Waals surface area contributed by atoms with Crippen molar-refractivity contribution in [1.82, 2.24) is 5.43 Å². The molecule has 0 atom stereocenters. The lowest BCUT2D eigenvalue weighted by Crippen LogP contribution is -2.30. The molecule has 8 heteroatoms. The summed E-state index contributed by atoms with van der Waals surface area (Å²) in [4.78, 5) is 12.2. The van der Waals surface area contributed by atoms with E-state index in [0.29, 0.717) is 11.6 Å². The van der Waals surface area contributed by atoms with Crippen molar-refractivity contribution in [2.75, 3.05) is 5.43 Å². The van der Waals surface area contributed by atoms with Gasteiger partial charge in [0.1, 0.15) is 0 Å². The zero-order valence-electron chi connectivity index (χ0n) is 14.5. The molecule has 0 fully saturated rings. The number of amides is 1. The number of alkyl halides is 3. The first-order valence-electron chi connectivity index (χ1n) is 7.78. The molecular weight excluding hydrogens is 357 g/mol. The fourth-order valence-corrected chi connectivity index (χ4v) is 2.26. The Bertz CT molecular complexity index is 935. The van der Waals surface area contributed by atoms with E-state index >= 15 is 0 Å². The number of anilines is 1. The van der Waals surface area contributed by atoms with Gasteiger partial charge in [-0.25, -0.2) is 0 Å². The third-order valence-corrected chi connectivity index (χ3v) is 3.91. The van der Waals surface area contributed by atoms with E-state index in [-0.39, 0.29) is 16.8 Å². The molecule has 0 heterocycles. The fourth-order valence-electron chi connectivity index (χ4n) is 2.26. The van der Waals surface area contributed by atoms with Gasteiger partial charge in [-0.15, -0.1) is 0 Å². The Hall–Kier alpha value is -3.52. The van der Waals surface area contributed by atoms with Crippen molar-refractivity contribution in [1.29, 1.82) is 10.5 Å². The molecule has 2 aromatic carbocycles. The van der Waals surface area contributed by atoms with Gasteiger partial charge in [-0.2, -0.15) is 23.7 Å². The number of hydrogen-bond acceptors (Lipinski definition) is 4. The summed E-state index contributed by atoms with van der Waals surface area (Å²) in [5, 5.41) is 17.9. The number of halogens is 3. The van der Waals surface area contributed by atoms with Gasteiger partial charge in [0.15, 0.2) is 0 Å². The van der Waals surface area contributed by atoms with Crippen molar-refractivity contribution in [3.63, 3.8) is 0 Å². The van der Waals surface area contributed by atoms with E-state index in [2.05, 4.69) is 16.9 Å². The van der Waals surface area contributed by atoms with Crippen LogP contribution in [0.5, 0.6) is 0 Å². The first kappa shape index (κ1) is 19.8. The lowest BCUT2D eigenvalue weighted by molar-refractivity contribution is -0.137. The topological polar surface area (TPSA) is 88.7 Å². The predicted octanol–water partition coefficient (Wildman–Crippen LogP) is 4.14. The maximum atomic E-state index is 13.1. The van der Waals surface area contributed by atoms with Crippen molar-refractivity contribution < 1.29 is 18.0 Å². The molecule has 0 aliphatic rings. The Morgan fingerprint density at radius 2 is 1.67 bits per heavy atom. The Kier molecular flexibility index (Phi) is 5.41. The largest absolute Gasteiger partial charge is 0.418 e. The van der Waals surface area contributed by atoms with E-state index in [0.717, 1.165) is 6.07 Å². The molecule has 0 unspecified atom stereocenters. The van der Waals surface area contributed by atoms with Crippen LogP contribution in [0.25, 0.3) is 0 Å². The van der Waals surface area contributed by atoms with Crippen molar-refractivity contribution in [3.05, 3.63) is 64.7 Å². The molecule has 2 N–H and O–H groups in total. The number of rotatable bonds is 4. The number of carbonyl (C=O) groups excluding carboxylic acids is 1. The zero-order chi connectivity index (χ0) is 20.2. The van der Waals surface area contributed by atoms with E-state index in [1.165, 1.54) is 18.2 Å². The molecule has 0 bridgehead atoms. The second-order valence-electron chi connectivity index (χ2n) is 6.26. The number of hydrazine groups is 1. The standard InChI is InChI=1S/C19H15F3N4O/c1-18(2,11-24)14-6-4-13(5-7-14)17(27)26-25-16-8-3-12(10-23)9-15(16)19(20,21)22/h3-9,25H,1-2H3,(H,26,27). The molecule has 0 saturated heterocycles. The van der Waals surface area contributed by atoms with E-state index in [1.807, 2.05) is 0 Å². The summed E-state index contributed by atoms with van der Waals surface area (Å²) >= 11 is 0. The number of hydrogen-bond donors (Lipinski definition) is 2. The lowest BCUT2D eigenvalue weighted by atomic mass is 9.86. The highest BCUT2D eigenvalue weighted by Gasteiger charge is 2.34. The molecule has 0 radical (unpaired) electrons. The number of nitrogens with zero attached hydrogens (tertiary/aromatic N) is 2. The van der Waals surface area contributed by atoms with Crippen LogP contribution in [0.1, 0.15) is 40.9 Å². The maximum Gasteiger partial charge on any atom is 0.418 e. The average molecular weight is 372 g/mol. The van der Waals surface area contributed by atoms with E-state index < -0.39 is 23.1 Å². The predicted molar refractivity (Wildman–Crippen MR) is 92.3 cm³/mol. The zero-order valence-corrected chi connectivity index (χ0v) is 14.5. The molecule has 27 heavy (non-hydrogen) atoms. The third kappa shape index (κ3) is 4.56. The minimum Gasteiger partial charge on any atom is -0.298 e. The second-order valence-corrected chi connectivity index (χ2v) is 6.26. The minimum atomic E-state index is -4.69. The monoisotopic (exact) mass is 372 g/mol. The lowest BCUT2D eigenvalue weighted by Gasteiger charge is -2.17. The van der Waals surface area contributed by atoms with Gasteiger partial charge >= 0.3 is 6.18 Å². The quantitative estimate of drug-likeness (QED) is 0.790. The van der Waals surface area contributed by atoms with Crippen LogP contribution in [0.15, 0.2) is 42.5 Å². The SMILES string of the molecule is CC(C)(C#N)c1ccc(C(=O)NNc2ccc(C#N)cc2C(F)(F)F)cc1. The van der Waals surface area contributed by atoms with Crippen molar-refractivity contribution in [2.24, 2.45) is 0 Å². The molecule has 2 rings (SSSR count). The molecule has 0 spiro atoms. The van der Waals surface area contributed by atoms with Crippen LogP contribution >= 0.6 is 0 Å². The highest BCUT2D eigenvalue weighted by Crippen LogP contribution is 2.35. The first-order chi connectivity index (χ1) is 12.6. The van der Waals surface area contributed by atoms with Gasteiger partial charge < -0.3 is 0 Å². The number of benzene rings is 2. The molecule has 2 aromatic rings. The molecule has 5 nitrogen and oxygen atoms in total. The first-order valence-corrected chi connectivity index (χ1v) is 7.78. The van der Waals surface area contributed by atoms with Gasteiger partial charge in [-0.1, -0.05) is 12.1 Å². The van der Waals surface area contributed by atoms with E-state index in [4.69, 9.17) is 10.5 Å². The van der Waals surface area contributed by atoms with Crippen LogP contribution in [0.2, 0.25) is 0 Å². The van der Waals surface area contributed by atoms with Gasteiger partial charge in [0.05, 0.1) is 34.4 Å². The molecule has 0 aromatic heterocycles. The summed E-state index contributed by atoms with van der Waals surface area (Å²) in [5.41, 5.74) is 3.06. The highest BCUT2D eigenvalue weighted by molar-refractivity contribution is 5.95. The summed E-state index contributed by atoms with van der Waals surface area (Å²) in [5.74, 6) is -0.645. The third-order valence-electron chi connectivity index (χ3n) is 3.91. The minimum absolute atomic E-state index is 0.144. The van der Waals surface area contributed by atoms with Crippen LogP contribution in [0.3, 0.4) is 0 Å². The Morgan fingerprint density at radius 3 is 2.19 bits per heavy atom. The Morgan fingerprint density at radius 1 is 1.04 bits per heavy atom. The van der Waals surface area contributed by atoms with Crippen LogP contribution in [-0.4, -0.2) is 5.91 Å². The van der Waals surface area contributed by atoms with Crippen LogP contribution < -0.4 is 10.9 Å². The fraction of sp³-hybridized carbons (Fsp3) is 0.211. The van der Waals surface area contributed by atoms with E-state index in [1.54, 1.807) is 32.0 Å². The van der Waals surface area contributed by atoms with Gasteiger partial charge in [0.2, 0.25) is 0 Å². The summed E-state index contributed by atoms with van der Waals surface area (Å²) < 4.78 is 39.3. The summed E-state index contributed by atoms with van der Waals surface area (Å²) in [6, 6.07) is 13.0. The summed E-state index contributed by atoms with van der Waals surface area (Å²) in [6.45, 7) is 3.46. The summed E-state index contributed by atoms with van der Waals surface area (Å²) in [7, 11) is 0. The number of carbonyl (C=O) groups is 1. The van der Waals surface area contributed by atoms with Gasteiger partial charge in [0, 0.05) is 5.56 Å². The Labute approximate surface area is 154 Å². The van der Waals surface area contributed by atoms with Gasteiger partial charge in [0.25, 0.3) is 5.91 Å². The van der Waals surface area contributed by atoms with Crippen molar-refractivity contribution in [3.8, 4) is 12.1 Å². The second kappa shape index (κ2) is 7.38.